The quantitative estimate of drug-likeness (QED) is 0.302. The van der Waals surface area contributed by atoms with Crippen molar-refractivity contribution in [2.75, 3.05) is 32.9 Å². The van der Waals surface area contributed by atoms with Crippen LogP contribution in [0.3, 0.4) is 0 Å². The first kappa shape index (κ1) is 18.3. The fraction of sp³-hybridized carbons (Fsp3) is 0.353. The molecule has 0 aliphatic rings. The Morgan fingerprint density at radius 3 is 2.55 bits per heavy atom. The molecule has 3 N–H and O–H groups in total. The van der Waals surface area contributed by atoms with Crippen LogP contribution in [0.1, 0.15) is 12.0 Å². The molecule has 22 heavy (non-hydrogen) atoms. The molecule has 0 aliphatic carbocycles. The molecule has 0 radical (unpaired) electrons. The van der Waals surface area contributed by atoms with Crippen LogP contribution in [0, 0.1) is 0 Å². The van der Waals surface area contributed by atoms with Crippen molar-refractivity contribution in [1.29, 1.82) is 0 Å². The van der Waals surface area contributed by atoms with E-state index in [0.29, 0.717) is 0 Å². The summed E-state index contributed by atoms with van der Waals surface area (Å²) in [7, 11) is 4.43. The molecule has 0 spiro atoms. The van der Waals surface area contributed by atoms with Gasteiger partial charge in [-0.25, -0.2) is 0 Å². The smallest absolute Gasteiger partial charge is 0.207 e. The van der Waals surface area contributed by atoms with Crippen molar-refractivity contribution in [2.45, 2.75) is 13.0 Å². The second-order valence-corrected chi connectivity index (χ2v) is 6.10. The number of nitrogen functional groups attached to an aromatic ring is 1. The zero-order valence-corrected chi connectivity index (χ0v) is 13.9. The molecule has 2 aromatic rings. The van der Waals surface area contributed by atoms with Gasteiger partial charge >= 0.3 is 0 Å². The number of benzene rings is 2. The summed E-state index contributed by atoms with van der Waals surface area (Å²) >= 11 is 0. The third-order valence-corrected chi connectivity index (χ3v) is 3.81. The second-order valence-electron chi connectivity index (χ2n) is 6.10. The molecule has 4 nitrogen and oxygen atoms in total. The van der Waals surface area contributed by atoms with E-state index in [1.807, 2.05) is 12.1 Å². The predicted molar refractivity (Wildman–Crippen MR) is 87.7 cm³/mol. The SMILES string of the molecule is C[N+](C)(CCCNC=O)Cc1cccc2c(N)cccc12.[Cl-]. The van der Waals surface area contributed by atoms with Crippen molar-refractivity contribution in [1.82, 2.24) is 5.32 Å². The predicted octanol–water partition coefficient (Wildman–Crippen LogP) is -0.861. The van der Waals surface area contributed by atoms with Crippen molar-refractivity contribution in [3.05, 3.63) is 42.0 Å². The van der Waals surface area contributed by atoms with Gasteiger partial charge < -0.3 is 27.9 Å². The molecule has 0 fully saturated rings. The first-order valence-corrected chi connectivity index (χ1v) is 7.29. The second kappa shape index (κ2) is 8.01. The minimum absolute atomic E-state index is 0. The van der Waals surface area contributed by atoms with Gasteiger partial charge in [-0.1, -0.05) is 30.3 Å². The maximum Gasteiger partial charge on any atom is 0.207 e. The summed E-state index contributed by atoms with van der Waals surface area (Å²) in [6, 6.07) is 12.4. The van der Waals surface area contributed by atoms with Gasteiger partial charge in [-0.15, -0.1) is 0 Å². The number of amides is 1. The van der Waals surface area contributed by atoms with E-state index in [9.17, 15) is 4.79 Å². The Labute approximate surface area is 138 Å². The van der Waals surface area contributed by atoms with Gasteiger partial charge in [0.25, 0.3) is 0 Å². The van der Waals surface area contributed by atoms with E-state index in [4.69, 9.17) is 5.73 Å². The highest BCUT2D eigenvalue weighted by molar-refractivity contribution is 5.94. The molecule has 1 amide bonds. The topological polar surface area (TPSA) is 55.1 Å². The van der Waals surface area contributed by atoms with Gasteiger partial charge in [-0.3, -0.25) is 4.79 Å². The van der Waals surface area contributed by atoms with Crippen LogP contribution in [0.4, 0.5) is 5.69 Å². The maximum atomic E-state index is 10.3. The Morgan fingerprint density at radius 2 is 1.82 bits per heavy atom. The molecule has 0 saturated heterocycles. The van der Waals surface area contributed by atoms with Gasteiger partial charge in [0.1, 0.15) is 6.54 Å². The van der Waals surface area contributed by atoms with Crippen molar-refractivity contribution in [3.8, 4) is 0 Å². The molecule has 0 heterocycles. The van der Waals surface area contributed by atoms with Crippen LogP contribution >= 0.6 is 0 Å². The summed E-state index contributed by atoms with van der Waals surface area (Å²) in [5, 5.41) is 5.07. The van der Waals surface area contributed by atoms with Crippen LogP contribution in [-0.2, 0) is 11.3 Å². The van der Waals surface area contributed by atoms with Gasteiger partial charge in [-0.2, -0.15) is 0 Å². The lowest BCUT2D eigenvalue weighted by Gasteiger charge is -2.30. The number of fused-ring (bicyclic) bond motifs is 1. The van der Waals surface area contributed by atoms with Crippen LogP contribution in [0.2, 0.25) is 0 Å². The van der Waals surface area contributed by atoms with E-state index in [1.165, 1.54) is 10.9 Å². The molecule has 2 rings (SSSR count). The number of rotatable bonds is 7. The summed E-state index contributed by atoms with van der Waals surface area (Å²) in [6.07, 6.45) is 1.73. The van der Waals surface area contributed by atoms with Crippen molar-refractivity contribution in [2.24, 2.45) is 0 Å². The fourth-order valence-corrected chi connectivity index (χ4v) is 2.75. The number of hydrogen-bond acceptors (Lipinski definition) is 2. The Balaban J connectivity index is 0.00000242. The highest BCUT2D eigenvalue weighted by Gasteiger charge is 2.17. The van der Waals surface area contributed by atoms with Gasteiger partial charge in [-0.05, 0) is 11.5 Å². The van der Waals surface area contributed by atoms with Crippen molar-refractivity contribution < 1.29 is 21.7 Å². The van der Waals surface area contributed by atoms with E-state index in [2.05, 4.69) is 43.7 Å². The summed E-state index contributed by atoms with van der Waals surface area (Å²) in [4.78, 5) is 10.3. The largest absolute Gasteiger partial charge is 1.00 e. The standard InChI is InChI=1S/C17H23N3O.ClH/c1-20(2,11-5-10-19-13-21)12-14-6-3-8-16-15(14)7-4-9-17(16)18;/h3-4,6-9,13H,5,10-12,18H2,1-2H3;1H. The summed E-state index contributed by atoms with van der Waals surface area (Å²) in [5.41, 5.74) is 8.20. The van der Waals surface area contributed by atoms with Crippen LogP contribution in [0.5, 0.6) is 0 Å². The van der Waals surface area contributed by atoms with E-state index < -0.39 is 0 Å². The molecule has 5 heteroatoms. The number of quaternary nitrogens is 1. The van der Waals surface area contributed by atoms with Crippen LogP contribution in [-0.4, -0.2) is 38.1 Å². The third kappa shape index (κ3) is 4.61. The van der Waals surface area contributed by atoms with E-state index in [1.54, 1.807) is 0 Å². The molecule has 0 unspecified atom stereocenters. The third-order valence-electron chi connectivity index (χ3n) is 3.81. The van der Waals surface area contributed by atoms with Gasteiger partial charge in [0.05, 0.1) is 20.6 Å². The number of carbonyl (C=O) groups excluding carboxylic acids is 1. The first-order chi connectivity index (χ1) is 10.0. The lowest BCUT2D eigenvalue weighted by Crippen LogP contribution is -3.00. The number of carbonyl (C=O) groups is 1. The van der Waals surface area contributed by atoms with Gasteiger partial charge in [0, 0.05) is 29.6 Å². The highest BCUT2D eigenvalue weighted by Crippen LogP contribution is 2.25. The number of nitrogens with zero attached hydrogens (tertiary/aromatic N) is 1. The van der Waals surface area contributed by atoms with Crippen molar-refractivity contribution in [3.63, 3.8) is 0 Å². The Bertz CT molecular complexity index is 628. The molecule has 120 valence electrons. The molecule has 0 saturated carbocycles. The van der Waals surface area contributed by atoms with E-state index >= 15 is 0 Å². The number of nitrogens with two attached hydrogens (primary N) is 1. The molecule has 2 aromatic carbocycles. The molecule has 0 bridgehead atoms. The average Bonchev–Trinajstić information content (AvgIpc) is 2.45. The van der Waals surface area contributed by atoms with Crippen LogP contribution in [0.15, 0.2) is 36.4 Å². The van der Waals surface area contributed by atoms with Crippen LogP contribution < -0.4 is 23.5 Å². The average molecular weight is 322 g/mol. The maximum absolute atomic E-state index is 10.3. The Morgan fingerprint density at radius 1 is 1.14 bits per heavy atom. The monoisotopic (exact) mass is 321 g/mol. The number of hydrogen-bond donors (Lipinski definition) is 2. The summed E-state index contributed by atoms with van der Waals surface area (Å²) in [6.45, 7) is 2.69. The fourth-order valence-electron chi connectivity index (χ4n) is 2.75. The normalized spacial score (nSPS) is 11.0. The lowest BCUT2D eigenvalue weighted by atomic mass is 10.0. The van der Waals surface area contributed by atoms with Gasteiger partial charge in [0.15, 0.2) is 0 Å². The highest BCUT2D eigenvalue weighted by atomic mass is 35.5. The first-order valence-electron chi connectivity index (χ1n) is 7.29. The van der Waals surface area contributed by atoms with Crippen molar-refractivity contribution >= 4 is 22.9 Å². The minimum Gasteiger partial charge on any atom is -1.00 e. The zero-order chi connectivity index (χ0) is 15.3. The zero-order valence-electron chi connectivity index (χ0n) is 13.2. The molecule has 0 aromatic heterocycles. The molecule has 0 atom stereocenters. The lowest BCUT2D eigenvalue weighted by molar-refractivity contribution is -0.903. The molecular weight excluding hydrogens is 298 g/mol. The number of halogens is 1. The molecular formula is C17H24ClN3O. The summed E-state index contributed by atoms with van der Waals surface area (Å²) in [5.74, 6) is 0. The molecule has 0 aliphatic heterocycles. The number of anilines is 1. The Kier molecular flexibility index (Phi) is 6.65. The van der Waals surface area contributed by atoms with E-state index in [-0.39, 0.29) is 12.4 Å². The Hall–Kier alpha value is -1.78. The minimum atomic E-state index is 0. The number of nitrogens with one attached hydrogen (secondary N) is 1. The van der Waals surface area contributed by atoms with Crippen LogP contribution in [0.25, 0.3) is 10.8 Å². The van der Waals surface area contributed by atoms with E-state index in [0.717, 1.165) is 48.0 Å². The van der Waals surface area contributed by atoms with Gasteiger partial charge in [0.2, 0.25) is 6.41 Å². The summed E-state index contributed by atoms with van der Waals surface area (Å²) < 4.78 is 0.883.